The Balaban J connectivity index is 2.33. The van der Waals surface area contributed by atoms with E-state index in [1.54, 1.807) is 6.92 Å². The van der Waals surface area contributed by atoms with Crippen LogP contribution in [0.15, 0.2) is 12.2 Å². The zero-order valence-corrected chi connectivity index (χ0v) is 25.5. The van der Waals surface area contributed by atoms with Crippen LogP contribution in [0.3, 0.4) is 0 Å². The third kappa shape index (κ3) is 16.9. The molecule has 0 amide bonds. The first kappa shape index (κ1) is 35.0. The lowest BCUT2D eigenvalue weighted by Gasteiger charge is -2.48. The van der Waals surface area contributed by atoms with Crippen molar-refractivity contribution in [3.05, 3.63) is 12.2 Å². The van der Waals surface area contributed by atoms with Gasteiger partial charge in [-0.15, -0.1) is 0 Å². The second-order valence-corrected chi connectivity index (χ2v) is 15.0. The van der Waals surface area contributed by atoms with E-state index in [0.717, 1.165) is 80.3 Å². The second-order valence-electron chi connectivity index (χ2n) is 11.5. The molecule has 0 aromatic heterocycles. The fraction of sp³-hybridized carbons (Fsp3) is 0.852. The number of likely N-dealkylation sites (N-methyl/N-ethyl adjacent to an activating group) is 1. The van der Waals surface area contributed by atoms with Crippen molar-refractivity contribution in [1.82, 2.24) is 0 Å². The summed E-state index contributed by atoms with van der Waals surface area (Å²) in [6.45, 7) is 11.9. The summed E-state index contributed by atoms with van der Waals surface area (Å²) >= 11 is 0. The highest BCUT2D eigenvalue weighted by molar-refractivity contribution is 7.94. The van der Waals surface area contributed by atoms with Crippen LogP contribution in [0.25, 0.3) is 0 Å². The van der Waals surface area contributed by atoms with E-state index in [1.807, 2.05) is 0 Å². The van der Waals surface area contributed by atoms with Crippen LogP contribution in [-0.4, -0.2) is 114 Å². The number of carbonyl (C=O) groups is 1. The maximum absolute atomic E-state index is 11.4. The minimum absolute atomic E-state index is 0.104. The van der Waals surface area contributed by atoms with Gasteiger partial charge in [0, 0.05) is 29.9 Å². The van der Waals surface area contributed by atoms with Crippen molar-refractivity contribution in [2.75, 3.05) is 71.0 Å². The molecule has 1 unspecified atom stereocenters. The molecule has 0 aromatic rings. The Morgan fingerprint density at radius 2 is 1.24 bits per heavy atom. The molecule has 0 spiro atoms. The number of hydrogen-bond acceptors (Lipinski definition) is 7. The Morgan fingerprint density at radius 3 is 1.74 bits per heavy atom. The van der Waals surface area contributed by atoms with Gasteiger partial charge in [-0.1, -0.05) is 60.8 Å². The molecule has 0 bridgehead atoms. The van der Waals surface area contributed by atoms with E-state index in [1.165, 1.54) is 25.7 Å². The van der Waals surface area contributed by atoms with E-state index >= 15 is 0 Å². The Hall–Kier alpha value is -0.980. The number of hydrogen-bond donors (Lipinski definition) is 0. The molecule has 0 saturated carbocycles. The van der Waals surface area contributed by atoms with Crippen LogP contribution in [0.5, 0.6) is 0 Å². The molecule has 1 aliphatic heterocycles. The minimum Gasteiger partial charge on any atom is -0.778 e. The van der Waals surface area contributed by atoms with Gasteiger partial charge in [0.1, 0.15) is 26.2 Å². The third-order valence-corrected chi connectivity index (χ3v) is 9.47. The molecule has 0 aliphatic carbocycles. The molecule has 224 valence electrons. The number of piperazine rings is 1. The average molecular weight is 581 g/mol. The van der Waals surface area contributed by atoms with E-state index in [-0.39, 0.29) is 17.5 Å². The summed E-state index contributed by atoms with van der Waals surface area (Å²) in [5.74, 6) is 2.69. The Labute approximate surface area is 232 Å². The van der Waals surface area contributed by atoms with E-state index in [0.29, 0.717) is 31.6 Å². The van der Waals surface area contributed by atoms with Gasteiger partial charge in [0.15, 0.2) is 0 Å². The van der Waals surface area contributed by atoms with Crippen molar-refractivity contribution in [2.45, 2.75) is 77.6 Å². The van der Waals surface area contributed by atoms with Gasteiger partial charge >= 0.3 is 5.97 Å². The summed E-state index contributed by atoms with van der Waals surface area (Å²) in [5.41, 5.74) is 0.436. The van der Waals surface area contributed by atoms with E-state index in [2.05, 4.69) is 19.5 Å². The number of unbranched alkanes of at least 4 members (excludes halogenated alkanes) is 8. The predicted molar refractivity (Wildman–Crippen MR) is 153 cm³/mol. The average Bonchev–Trinajstić information content (AvgIpc) is 2.80. The van der Waals surface area contributed by atoms with Gasteiger partial charge in [0.05, 0.1) is 43.4 Å². The molecule has 1 rings (SSSR count). The molecule has 1 heterocycles. The quantitative estimate of drug-likeness (QED) is 0.0510. The SMILES string of the molecule is C=C(C)C(=O)OCCCCCCCCCCC[N+]1(CCCS(=O)(=O)[O-])CC[N+](C)(CCCS(=C)(=O)[O-])CC1. The highest BCUT2D eigenvalue weighted by Gasteiger charge is 2.39. The van der Waals surface area contributed by atoms with Gasteiger partial charge in [-0.3, -0.25) is 4.21 Å². The summed E-state index contributed by atoms with van der Waals surface area (Å²) in [4.78, 5) is 11.3. The third-order valence-electron chi connectivity index (χ3n) is 7.77. The molecule has 0 N–H and O–H groups in total. The zero-order chi connectivity index (χ0) is 28.7. The van der Waals surface area contributed by atoms with E-state index < -0.39 is 19.9 Å². The Bertz CT molecular complexity index is 925. The number of quaternary nitrogens is 2. The smallest absolute Gasteiger partial charge is 0.333 e. The second kappa shape index (κ2) is 17.0. The molecule has 0 radical (unpaired) electrons. The maximum Gasteiger partial charge on any atom is 0.333 e. The van der Waals surface area contributed by atoms with Gasteiger partial charge in [-0.25, -0.2) is 13.2 Å². The fourth-order valence-electron chi connectivity index (χ4n) is 5.23. The highest BCUT2D eigenvalue weighted by Crippen LogP contribution is 2.22. The first-order chi connectivity index (χ1) is 17.7. The van der Waals surface area contributed by atoms with Crippen LogP contribution in [0.1, 0.15) is 77.6 Å². The molecule has 1 atom stereocenters. The molecule has 0 aromatic carbocycles. The number of ether oxygens (including phenoxy) is 1. The lowest BCUT2D eigenvalue weighted by atomic mass is 10.1. The monoisotopic (exact) mass is 580 g/mol. The predicted octanol–water partition coefficient (Wildman–Crippen LogP) is 3.07. The number of nitrogens with zero attached hydrogens (tertiary/aromatic N) is 2. The maximum atomic E-state index is 11.4. The normalized spacial score (nSPS) is 23.6. The van der Waals surface area contributed by atoms with Crippen LogP contribution >= 0.6 is 0 Å². The van der Waals surface area contributed by atoms with Gasteiger partial charge in [0.2, 0.25) is 0 Å². The summed E-state index contributed by atoms with van der Waals surface area (Å²) in [5, 5.41) is 0. The van der Waals surface area contributed by atoms with Crippen molar-refractivity contribution in [3.8, 4) is 0 Å². The minimum atomic E-state index is -4.21. The molecular formula is C27H52N2O7S2. The topological polar surface area (TPSA) is 124 Å². The lowest BCUT2D eigenvalue weighted by molar-refractivity contribution is -1.02. The zero-order valence-electron chi connectivity index (χ0n) is 23.8. The highest BCUT2D eigenvalue weighted by atomic mass is 32.2. The molecule has 1 fully saturated rings. The summed E-state index contributed by atoms with van der Waals surface area (Å²) in [7, 11) is -5.24. The fourth-order valence-corrected chi connectivity index (χ4v) is 6.28. The number of rotatable bonds is 21. The van der Waals surface area contributed by atoms with Crippen LogP contribution in [-0.2, 0) is 29.5 Å². The van der Waals surface area contributed by atoms with Crippen LogP contribution in [0.2, 0.25) is 0 Å². The van der Waals surface area contributed by atoms with Crippen molar-refractivity contribution < 1.29 is 40.2 Å². The Morgan fingerprint density at radius 1 is 0.763 bits per heavy atom. The standard InChI is InChI=1S/C27H52N2O7S2/c1-26(2)27(30)36-23-13-11-9-7-5-6-8-10-12-17-29(18-15-25-38(33,34)35)21-19-28(3,20-22-29)16-14-24-37(4,31)32/h1,4-25H2,2-3H3. The molecule has 9 nitrogen and oxygen atoms in total. The van der Waals surface area contributed by atoms with Crippen molar-refractivity contribution in [3.63, 3.8) is 0 Å². The number of esters is 1. The molecule has 1 aliphatic rings. The lowest BCUT2D eigenvalue weighted by Crippen LogP contribution is -2.66. The van der Waals surface area contributed by atoms with Gasteiger partial charge < -0.3 is 22.8 Å². The first-order valence-electron chi connectivity index (χ1n) is 14.2. The van der Waals surface area contributed by atoms with E-state index in [4.69, 9.17) is 4.74 Å². The van der Waals surface area contributed by atoms with Gasteiger partial charge in [-0.2, -0.15) is 0 Å². The molecular weight excluding hydrogens is 528 g/mol. The van der Waals surface area contributed by atoms with Crippen molar-refractivity contribution in [2.24, 2.45) is 0 Å². The molecule has 11 heteroatoms. The molecule has 1 saturated heterocycles. The van der Waals surface area contributed by atoms with Gasteiger partial charge in [-0.05, 0) is 26.2 Å². The first-order valence-corrected chi connectivity index (χ1v) is 17.6. The summed E-state index contributed by atoms with van der Waals surface area (Å²) in [6, 6.07) is 0. The summed E-state index contributed by atoms with van der Waals surface area (Å²) < 4.78 is 63.0. The summed E-state index contributed by atoms with van der Waals surface area (Å²) in [6.07, 6.45) is 11.1. The Kier molecular flexibility index (Phi) is 15.7. The van der Waals surface area contributed by atoms with Gasteiger partial charge in [0.25, 0.3) is 0 Å². The van der Waals surface area contributed by atoms with E-state index in [9.17, 15) is 26.5 Å². The van der Waals surface area contributed by atoms with Crippen LogP contribution in [0, 0.1) is 0 Å². The van der Waals surface area contributed by atoms with Crippen molar-refractivity contribution >= 4 is 31.8 Å². The van der Waals surface area contributed by atoms with Crippen molar-refractivity contribution in [1.29, 1.82) is 0 Å². The number of carbonyl (C=O) groups excluding carboxylic acids is 1. The van der Waals surface area contributed by atoms with Crippen LogP contribution in [0.4, 0.5) is 0 Å². The molecule has 38 heavy (non-hydrogen) atoms. The largest absolute Gasteiger partial charge is 0.778 e. The van der Waals surface area contributed by atoms with Crippen LogP contribution < -0.4 is 0 Å².